The summed E-state index contributed by atoms with van der Waals surface area (Å²) in [7, 11) is 0. The molecule has 0 aromatic carbocycles. The number of nitrogens with one attached hydrogen (secondary N) is 1. The Morgan fingerprint density at radius 1 is 1.28 bits per heavy atom. The monoisotopic (exact) mass is 440 g/mol. The maximum atomic E-state index is 12.9. The maximum absolute atomic E-state index is 12.9. The molecule has 8 nitrogen and oxygen atoms in total. The fraction of sp³-hybridized carbons (Fsp3) is 0.625. The number of unbranched alkanes of at least 4 members (excludes halogenated alkanes) is 1. The van der Waals surface area contributed by atoms with Gasteiger partial charge in [0.2, 0.25) is 5.91 Å². The lowest BCUT2D eigenvalue weighted by Crippen LogP contribution is -2.57. The molecular weight excluding hydrogens is 404 g/mol. The smallest absolute Gasteiger partial charge is 0.320 e. The Labute approximate surface area is 190 Å². The van der Waals surface area contributed by atoms with Crippen molar-refractivity contribution in [3.63, 3.8) is 0 Å². The molecule has 0 radical (unpaired) electrons. The molecule has 2 aliphatic heterocycles. The van der Waals surface area contributed by atoms with Crippen molar-refractivity contribution < 1.29 is 9.53 Å². The van der Waals surface area contributed by atoms with Gasteiger partial charge < -0.3 is 20.7 Å². The van der Waals surface area contributed by atoms with Crippen LogP contribution in [0, 0.1) is 5.92 Å². The summed E-state index contributed by atoms with van der Waals surface area (Å²) in [4.78, 5) is 26.5. The Balaban J connectivity index is 1.58. The SMILES string of the molecule is CCCCOc1nc(N)c2c(n1)N(CC1C=C(CN3CCCC3)C=CC1)C(C)(C)C(=O)N2. The highest BCUT2D eigenvalue weighted by Gasteiger charge is 2.43. The molecule has 8 heteroatoms. The van der Waals surface area contributed by atoms with Crippen molar-refractivity contribution in [2.45, 2.75) is 58.4 Å². The van der Waals surface area contributed by atoms with Gasteiger partial charge in [-0.05, 0) is 64.1 Å². The Bertz CT molecular complexity index is 904. The van der Waals surface area contributed by atoms with Crippen molar-refractivity contribution in [3.05, 3.63) is 23.8 Å². The average molecular weight is 441 g/mol. The molecule has 3 aliphatic rings. The second kappa shape index (κ2) is 9.48. The number of fused-ring (bicyclic) bond motifs is 1. The van der Waals surface area contributed by atoms with Crippen LogP contribution >= 0.6 is 0 Å². The Kier molecular flexibility index (Phi) is 6.69. The predicted octanol–water partition coefficient (Wildman–Crippen LogP) is 3.37. The largest absolute Gasteiger partial charge is 0.463 e. The number of hydrogen-bond donors (Lipinski definition) is 2. The zero-order valence-electron chi connectivity index (χ0n) is 19.6. The molecule has 1 atom stereocenters. The van der Waals surface area contributed by atoms with Crippen LogP contribution in [0.5, 0.6) is 6.01 Å². The molecule has 4 rings (SSSR count). The number of anilines is 3. The van der Waals surface area contributed by atoms with Gasteiger partial charge in [-0.25, -0.2) is 0 Å². The van der Waals surface area contributed by atoms with Gasteiger partial charge in [0.15, 0.2) is 11.6 Å². The third-order valence-corrected chi connectivity index (χ3v) is 6.59. The van der Waals surface area contributed by atoms with E-state index in [9.17, 15) is 4.79 Å². The lowest BCUT2D eigenvalue weighted by Gasteiger charge is -2.44. The number of ether oxygens (including phenoxy) is 1. The van der Waals surface area contributed by atoms with E-state index in [1.807, 2.05) is 13.8 Å². The number of nitrogens with two attached hydrogens (primary N) is 1. The van der Waals surface area contributed by atoms with Crippen molar-refractivity contribution in [2.75, 3.05) is 48.7 Å². The molecule has 1 aromatic rings. The van der Waals surface area contributed by atoms with Gasteiger partial charge in [0, 0.05) is 13.1 Å². The van der Waals surface area contributed by atoms with Crippen molar-refractivity contribution in [2.24, 2.45) is 5.92 Å². The standard InChI is InChI=1S/C24H36N6O2/c1-4-5-13-32-23-27-20(25)19-21(28-23)30(24(2,3)22(31)26-19)16-18-10-8-9-17(14-18)15-29-11-6-7-12-29/h8-9,14,18H,4-7,10-13,15-16H2,1-3H3,(H,26,31)(H2,25,27,28). The third kappa shape index (κ3) is 4.75. The van der Waals surface area contributed by atoms with E-state index in [0.29, 0.717) is 24.7 Å². The first kappa shape index (κ1) is 22.6. The molecule has 1 aromatic heterocycles. The number of carbonyl (C=O) groups excluding carboxylic acids is 1. The molecule has 1 amide bonds. The Hall–Kier alpha value is -2.61. The van der Waals surface area contributed by atoms with Gasteiger partial charge in [-0.1, -0.05) is 31.6 Å². The van der Waals surface area contributed by atoms with E-state index in [-0.39, 0.29) is 23.7 Å². The minimum absolute atomic E-state index is 0.104. The summed E-state index contributed by atoms with van der Waals surface area (Å²) in [5, 5.41) is 2.91. The quantitative estimate of drug-likeness (QED) is 0.598. The predicted molar refractivity (Wildman–Crippen MR) is 128 cm³/mol. The lowest BCUT2D eigenvalue weighted by atomic mass is 9.91. The van der Waals surface area contributed by atoms with Crippen LogP contribution in [0.1, 0.15) is 52.9 Å². The van der Waals surface area contributed by atoms with Crippen LogP contribution < -0.4 is 20.7 Å². The summed E-state index contributed by atoms with van der Waals surface area (Å²) in [6.45, 7) is 10.5. The summed E-state index contributed by atoms with van der Waals surface area (Å²) in [6, 6.07) is 0.264. The van der Waals surface area contributed by atoms with Gasteiger partial charge in [-0.3, -0.25) is 9.69 Å². The van der Waals surface area contributed by atoms with Crippen LogP contribution in [-0.4, -0.2) is 59.1 Å². The van der Waals surface area contributed by atoms with Crippen LogP contribution in [0.3, 0.4) is 0 Å². The summed E-state index contributed by atoms with van der Waals surface area (Å²) >= 11 is 0. The molecule has 0 saturated carbocycles. The van der Waals surface area contributed by atoms with Crippen molar-refractivity contribution in [3.8, 4) is 6.01 Å². The normalized spacial score (nSPS) is 22.5. The number of nitrogen functional groups attached to an aromatic ring is 1. The lowest BCUT2D eigenvalue weighted by molar-refractivity contribution is -0.120. The zero-order valence-corrected chi connectivity index (χ0v) is 19.6. The van der Waals surface area contributed by atoms with Crippen LogP contribution in [0.15, 0.2) is 23.8 Å². The molecule has 32 heavy (non-hydrogen) atoms. The van der Waals surface area contributed by atoms with Gasteiger partial charge in [-0.2, -0.15) is 9.97 Å². The number of aromatic nitrogens is 2. The van der Waals surface area contributed by atoms with E-state index in [1.165, 1.54) is 31.5 Å². The summed E-state index contributed by atoms with van der Waals surface area (Å²) in [5.74, 6) is 1.06. The molecule has 3 heterocycles. The van der Waals surface area contributed by atoms with E-state index in [2.05, 4.69) is 50.2 Å². The second-order valence-corrected chi connectivity index (χ2v) is 9.54. The first-order valence-corrected chi connectivity index (χ1v) is 11.9. The molecule has 1 saturated heterocycles. The van der Waals surface area contributed by atoms with E-state index >= 15 is 0 Å². The fourth-order valence-electron chi connectivity index (χ4n) is 4.59. The highest BCUT2D eigenvalue weighted by atomic mass is 16.5. The Morgan fingerprint density at radius 2 is 2.06 bits per heavy atom. The minimum Gasteiger partial charge on any atom is -0.463 e. The zero-order chi connectivity index (χ0) is 22.7. The van der Waals surface area contributed by atoms with Crippen molar-refractivity contribution in [1.29, 1.82) is 0 Å². The average Bonchev–Trinajstić information content (AvgIpc) is 3.26. The summed E-state index contributed by atoms with van der Waals surface area (Å²) in [6.07, 6.45) is 12.3. The fourth-order valence-corrected chi connectivity index (χ4v) is 4.59. The number of likely N-dealkylation sites (tertiary alicyclic amines) is 1. The van der Waals surface area contributed by atoms with Gasteiger partial charge in [0.1, 0.15) is 11.2 Å². The molecule has 0 spiro atoms. The van der Waals surface area contributed by atoms with E-state index in [1.54, 1.807) is 0 Å². The second-order valence-electron chi connectivity index (χ2n) is 9.54. The van der Waals surface area contributed by atoms with Gasteiger partial charge in [0.25, 0.3) is 0 Å². The van der Waals surface area contributed by atoms with Gasteiger partial charge >= 0.3 is 6.01 Å². The maximum Gasteiger partial charge on any atom is 0.320 e. The number of rotatable bonds is 8. The van der Waals surface area contributed by atoms with Crippen molar-refractivity contribution >= 4 is 23.2 Å². The van der Waals surface area contributed by atoms with Crippen LogP contribution in [0.2, 0.25) is 0 Å². The van der Waals surface area contributed by atoms with E-state index < -0.39 is 5.54 Å². The Morgan fingerprint density at radius 3 is 2.81 bits per heavy atom. The number of amides is 1. The molecule has 1 unspecified atom stereocenters. The number of hydrogen-bond acceptors (Lipinski definition) is 7. The van der Waals surface area contributed by atoms with E-state index in [4.69, 9.17) is 10.5 Å². The van der Waals surface area contributed by atoms with Crippen LogP contribution in [0.4, 0.5) is 17.3 Å². The molecule has 0 bridgehead atoms. The molecule has 3 N–H and O–H groups in total. The molecule has 174 valence electrons. The number of allylic oxidation sites excluding steroid dienone is 1. The molecular formula is C24H36N6O2. The topological polar surface area (TPSA) is 96.6 Å². The van der Waals surface area contributed by atoms with Gasteiger partial charge in [-0.15, -0.1) is 0 Å². The van der Waals surface area contributed by atoms with Crippen LogP contribution in [-0.2, 0) is 4.79 Å². The van der Waals surface area contributed by atoms with Crippen molar-refractivity contribution in [1.82, 2.24) is 14.9 Å². The summed E-state index contributed by atoms with van der Waals surface area (Å²) in [5.41, 5.74) is 7.27. The number of carbonyl (C=O) groups is 1. The molecule has 1 aliphatic carbocycles. The number of nitrogens with zero attached hydrogens (tertiary/aromatic N) is 4. The van der Waals surface area contributed by atoms with Gasteiger partial charge in [0.05, 0.1) is 6.61 Å². The third-order valence-electron chi connectivity index (χ3n) is 6.59. The first-order chi connectivity index (χ1) is 15.4. The highest BCUT2D eigenvalue weighted by molar-refractivity contribution is 6.07. The van der Waals surface area contributed by atoms with Crippen LogP contribution in [0.25, 0.3) is 0 Å². The highest BCUT2D eigenvalue weighted by Crippen LogP contribution is 2.40. The van der Waals surface area contributed by atoms with E-state index in [0.717, 1.165) is 25.8 Å². The first-order valence-electron chi connectivity index (χ1n) is 11.9. The summed E-state index contributed by atoms with van der Waals surface area (Å²) < 4.78 is 5.75. The minimum atomic E-state index is -0.765. The molecule has 1 fully saturated rings.